The van der Waals surface area contributed by atoms with Gasteiger partial charge in [-0.05, 0) is 35.0 Å². The molecule has 0 unspecified atom stereocenters. The van der Waals surface area contributed by atoms with E-state index in [4.69, 9.17) is 9.94 Å². The van der Waals surface area contributed by atoms with E-state index >= 15 is 0 Å². The first-order chi connectivity index (χ1) is 7.74. The number of halogens is 1. The molecule has 2 N–H and O–H groups in total. The summed E-state index contributed by atoms with van der Waals surface area (Å²) < 4.78 is 6.31. The first-order valence-corrected chi connectivity index (χ1v) is 5.67. The van der Waals surface area contributed by atoms with Crippen molar-refractivity contribution in [3.63, 3.8) is 0 Å². The van der Waals surface area contributed by atoms with Crippen molar-refractivity contribution < 1.29 is 9.94 Å². The van der Waals surface area contributed by atoms with Crippen LogP contribution in [0.2, 0.25) is 0 Å². The molecule has 0 heterocycles. The van der Waals surface area contributed by atoms with Crippen molar-refractivity contribution >= 4 is 26.7 Å². The molecule has 0 aromatic heterocycles. The number of hydrogen-bond acceptors (Lipinski definition) is 3. The molecular formula is C12H12BrNO2. The second-order valence-corrected chi connectivity index (χ2v) is 4.41. The number of hydroxylamine groups is 1. The molecule has 0 radical (unpaired) electrons. The third-order valence-electron chi connectivity index (χ3n) is 2.47. The monoisotopic (exact) mass is 281 g/mol. The summed E-state index contributed by atoms with van der Waals surface area (Å²) in [4.78, 5) is 0. The third kappa shape index (κ3) is 2.19. The Morgan fingerprint density at radius 3 is 2.75 bits per heavy atom. The van der Waals surface area contributed by atoms with E-state index < -0.39 is 0 Å². The Hall–Kier alpha value is -1.10. The van der Waals surface area contributed by atoms with Crippen molar-refractivity contribution in [2.45, 2.75) is 6.54 Å². The molecule has 0 atom stereocenters. The lowest BCUT2D eigenvalue weighted by atomic mass is 10.1. The van der Waals surface area contributed by atoms with E-state index in [9.17, 15) is 0 Å². The highest BCUT2D eigenvalue weighted by Crippen LogP contribution is 2.27. The number of benzene rings is 2. The lowest BCUT2D eigenvalue weighted by Gasteiger charge is -2.09. The molecule has 2 aromatic rings. The quantitative estimate of drug-likeness (QED) is 0.850. The molecule has 84 valence electrons. The van der Waals surface area contributed by atoms with Gasteiger partial charge in [0.25, 0.3) is 0 Å². The first kappa shape index (κ1) is 11.4. The predicted octanol–water partition coefficient (Wildman–Crippen LogP) is 3.09. The second kappa shape index (κ2) is 4.82. The minimum Gasteiger partial charge on any atom is -0.496 e. The molecule has 0 aliphatic heterocycles. The maximum Gasteiger partial charge on any atom is 0.124 e. The minimum atomic E-state index is 0.367. The summed E-state index contributed by atoms with van der Waals surface area (Å²) in [6.07, 6.45) is 0. The molecule has 3 nitrogen and oxygen atoms in total. The molecule has 0 aliphatic rings. The van der Waals surface area contributed by atoms with E-state index in [1.54, 1.807) is 7.11 Å². The molecule has 0 saturated heterocycles. The lowest BCUT2D eigenvalue weighted by molar-refractivity contribution is 0.160. The maximum atomic E-state index is 8.75. The van der Waals surface area contributed by atoms with Crippen LogP contribution in [0.4, 0.5) is 0 Å². The van der Waals surface area contributed by atoms with E-state index in [1.165, 1.54) is 0 Å². The highest BCUT2D eigenvalue weighted by atomic mass is 79.9. The van der Waals surface area contributed by atoms with Gasteiger partial charge in [0, 0.05) is 16.6 Å². The Kier molecular flexibility index (Phi) is 3.43. The van der Waals surface area contributed by atoms with E-state index in [-0.39, 0.29) is 0 Å². The first-order valence-electron chi connectivity index (χ1n) is 4.87. The van der Waals surface area contributed by atoms with Crippen LogP contribution >= 0.6 is 15.9 Å². The summed E-state index contributed by atoms with van der Waals surface area (Å²) in [7, 11) is 1.63. The molecule has 2 aromatic carbocycles. The van der Waals surface area contributed by atoms with Gasteiger partial charge >= 0.3 is 0 Å². The van der Waals surface area contributed by atoms with Crippen LogP contribution in [-0.4, -0.2) is 12.3 Å². The van der Waals surface area contributed by atoms with Crippen LogP contribution in [-0.2, 0) is 6.54 Å². The summed E-state index contributed by atoms with van der Waals surface area (Å²) in [6, 6.07) is 10.0. The fraction of sp³-hybridized carbons (Fsp3) is 0.167. The predicted molar refractivity (Wildman–Crippen MR) is 66.8 cm³/mol. The standard InChI is InChI=1S/C12H12BrNO2/c1-16-12-6-8-2-3-11(13)5-9(8)4-10(12)7-14-15/h2-6,14-15H,7H2,1H3. The van der Waals surface area contributed by atoms with Crippen molar-refractivity contribution in [2.24, 2.45) is 0 Å². The van der Waals surface area contributed by atoms with Crippen molar-refractivity contribution in [1.29, 1.82) is 0 Å². The average Bonchev–Trinajstić information content (AvgIpc) is 2.28. The molecule has 0 bridgehead atoms. The van der Waals surface area contributed by atoms with Gasteiger partial charge < -0.3 is 9.94 Å². The highest BCUT2D eigenvalue weighted by molar-refractivity contribution is 9.10. The Balaban J connectivity index is 2.60. The summed E-state index contributed by atoms with van der Waals surface area (Å²) in [5.74, 6) is 0.774. The molecule has 0 amide bonds. The van der Waals surface area contributed by atoms with Crippen molar-refractivity contribution in [1.82, 2.24) is 5.48 Å². The number of nitrogens with one attached hydrogen (secondary N) is 1. The molecular weight excluding hydrogens is 270 g/mol. The van der Waals surface area contributed by atoms with E-state index in [1.807, 2.05) is 30.3 Å². The van der Waals surface area contributed by atoms with Gasteiger partial charge in [-0.3, -0.25) is 0 Å². The lowest BCUT2D eigenvalue weighted by Crippen LogP contribution is -2.07. The van der Waals surface area contributed by atoms with Gasteiger partial charge in [0.15, 0.2) is 0 Å². The van der Waals surface area contributed by atoms with Crippen LogP contribution in [0, 0.1) is 0 Å². The van der Waals surface area contributed by atoms with Gasteiger partial charge in [0.2, 0.25) is 0 Å². The van der Waals surface area contributed by atoms with Crippen molar-refractivity contribution in [3.05, 3.63) is 40.4 Å². The molecule has 16 heavy (non-hydrogen) atoms. The number of methoxy groups -OCH3 is 1. The van der Waals surface area contributed by atoms with E-state index in [0.717, 1.165) is 26.6 Å². The summed E-state index contributed by atoms with van der Waals surface area (Å²) in [5, 5.41) is 11.0. The van der Waals surface area contributed by atoms with Crippen LogP contribution < -0.4 is 10.2 Å². The number of ether oxygens (including phenoxy) is 1. The summed E-state index contributed by atoms with van der Waals surface area (Å²) >= 11 is 3.44. The minimum absolute atomic E-state index is 0.367. The van der Waals surface area contributed by atoms with Gasteiger partial charge in [0.1, 0.15) is 5.75 Å². The van der Waals surface area contributed by atoms with Crippen molar-refractivity contribution in [2.75, 3.05) is 7.11 Å². The number of hydrogen-bond donors (Lipinski definition) is 2. The average molecular weight is 282 g/mol. The van der Waals surface area contributed by atoms with Gasteiger partial charge in [-0.15, -0.1) is 0 Å². The van der Waals surface area contributed by atoms with Crippen LogP contribution in [0.15, 0.2) is 34.8 Å². The SMILES string of the molecule is COc1cc2ccc(Br)cc2cc1CNO. The Morgan fingerprint density at radius 2 is 2.06 bits per heavy atom. The van der Waals surface area contributed by atoms with Crippen molar-refractivity contribution in [3.8, 4) is 5.75 Å². The second-order valence-electron chi connectivity index (χ2n) is 3.49. The van der Waals surface area contributed by atoms with E-state index in [2.05, 4.69) is 21.4 Å². The molecule has 2 rings (SSSR count). The van der Waals surface area contributed by atoms with Gasteiger partial charge in [-0.25, -0.2) is 5.48 Å². The normalized spacial score (nSPS) is 10.7. The summed E-state index contributed by atoms with van der Waals surface area (Å²) in [5.41, 5.74) is 3.07. The fourth-order valence-electron chi connectivity index (χ4n) is 1.71. The molecule has 0 fully saturated rings. The van der Waals surface area contributed by atoms with Gasteiger partial charge in [0.05, 0.1) is 7.11 Å². The van der Waals surface area contributed by atoms with Crippen LogP contribution in [0.3, 0.4) is 0 Å². The topological polar surface area (TPSA) is 41.5 Å². The zero-order valence-electron chi connectivity index (χ0n) is 8.83. The maximum absolute atomic E-state index is 8.75. The largest absolute Gasteiger partial charge is 0.496 e. The Morgan fingerprint density at radius 1 is 1.25 bits per heavy atom. The van der Waals surface area contributed by atoms with Gasteiger partial charge in [-0.2, -0.15) is 0 Å². The summed E-state index contributed by atoms with van der Waals surface area (Å²) in [6.45, 7) is 0.367. The Labute approximate surface area is 102 Å². The molecule has 0 spiro atoms. The number of rotatable bonds is 3. The zero-order valence-corrected chi connectivity index (χ0v) is 10.4. The van der Waals surface area contributed by atoms with Crippen LogP contribution in [0.1, 0.15) is 5.56 Å². The molecule has 0 aliphatic carbocycles. The van der Waals surface area contributed by atoms with Crippen LogP contribution in [0.25, 0.3) is 10.8 Å². The van der Waals surface area contributed by atoms with Crippen LogP contribution in [0.5, 0.6) is 5.75 Å². The smallest absolute Gasteiger partial charge is 0.124 e. The Bertz CT molecular complexity index is 514. The highest BCUT2D eigenvalue weighted by Gasteiger charge is 2.05. The van der Waals surface area contributed by atoms with Gasteiger partial charge in [-0.1, -0.05) is 22.0 Å². The number of fused-ring (bicyclic) bond motifs is 1. The molecule has 0 saturated carbocycles. The third-order valence-corrected chi connectivity index (χ3v) is 2.96. The molecule has 4 heteroatoms. The van der Waals surface area contributed by atoms with E-state index in [0.29, 0.717) is 6.54 Å². The zero-order chi connectivity index (χ0) is 11.5. The fourth-order valence-corrected chi connectivity index (χ4v) is 2.09.